The Bertz CT molecular complexity index is 468. The van der Waals surface area contributed by atoms with Gasteiger partial charge in [0, 0.05) is 18.8 Å². The van der Waals surface area contributed by atoms with Crippen LogP contribution in [0.25, 0.3) is 10.9 Å². The highest BCUT2D eigenvalue weighted by Gasteiger charge is 2.30. The maximum absolute atomic E-state index is 12.3. The second-order valence-corrected chi connectivity index (χ2v) is 3.20. The van der Waals surface area contributed by atoms with E-state index in [1.54, 1.807) is 23.9 Å². The van der Waals surface area contributed by atoms with E-state index in [4.69, 9.17) is 0 Å². The molecule has 0 N–H and O–H groups in total. The van der Waals surface area contributed by atoms with Crippen molar-refractivity contribution in [3.8, 4) is 0 Å². The number of alkyl halides is 3. The average molecular weight is 199 g/mol. The molecule has 2 aromatic rings. The molecule has 74 valence electrons. The quantitative estimate of drug-likeness (QED) is 0.614. The Morgan fingerprint density at radius 1 is 1.14 bits per heavy atom. The van der Waals surface area contributed by atoms with E-state index in [1.807, 2.05) is 0 Å². The third kappa shape index (κ3) is 1.36. The molecule has 1 aromatic carbocycles. The zero-order valence-electron chi connectivity index (χ0n) is 7.47. The molecule has 0 aliphatic rings. The molecular formula is C10H8F3N. The van der Waals surface area contributed by atoms with Crippen LogP contribution >= 0.6 is 0 Å². The van der Waals surface area contributed by atoms with Gasteiger partial charge in [0.1, 0.15) is 0 Å². The second kappa shape index (κ2) is 2.77. The summed E-state index contributed by atoms with van der Waals surface area (Å²) in [5.74, 6) is 0. The van der Waals surface area contributed by atoms with Gasteiger partial charge in [-0.3, -0.25) is 0 Å². The van der Waals surface area contributed by atoms with E-state index in [2.05, 4.69) is 0 Å². The van der Waals surface area contributed by atoms with Crippen molar-refractivity contribution in [2.75, 3.05) is 0 Å². The van der Waals surface area contributed by atoms with Crippen LogP contribution in [0.5, 0.6) is 0 Å². The van der Waals surface area contributed by atoms with Gasteiger partial charge in [0.05, 0.1) is 5.56 Å². The Morgan fingerprint density at radius 3 is 2.50 bits per heavy atom. The molecule has 4 heteroatoms. The van der Waals surface area contributed by atoms with Gasteiger partial charge >= 0.3 is 6.18 Å². The van der Waals surface area contributed by atoms with Crippen LogP contribution in [0, 0.1) is 0 Å². The lowest BCUT2D eigenvalue weighted by atomic mass is 10.1. The fraction of sp³-hybridized carbons (Fsp3) is 0.200. The van der Waals surface area contributed by atoms with Crippen LogP contribution in [0.15, 0.2) is 30.5 Å². The minimum Gasteiger partial charge on any atom is -0.351 e. The maximum atomic E-state index is 12.3. The van der Waals surface area contributed by atoms with Crippen molar-refractivity contribution in [1.82, 2.24) is 4.57 Å². The van der Waals surface area contributed by atoms with E-state index < -0.39 is 11.7 Å². The van der Waals surface area contributed by atoms with E-state index in [0.717, 1.165) is 17.5 Å². The molecule has 14 heavy (non-hydrogen) atoms. The van der Waals surface area contributed by atoms with Gasteiger partial charge in [-0.15, -0.1) is 0 Å². The van der Waals surface area contributed by atoms with Crippen molar-refractivity contribution in [1.29, 1.82) is 0 Å². The number of halogens is 3. The normalized spacial score (nSPS) is 12.3. The highest BCUT2D eigenvalue weighted by molar-refractivity contribution is 5.80. The Kier molecular flexibility index (Phi) is 1.80. The van der Waals surface area contributed by atoms with Crippen LogP contribution in [0.3, 0.4) is 0 Å². The molecule has 0 radical (unpaired) electrons. The van der Waals surface area contributed by atoms with Gasteiger partial charge in [-0.05, 0) is 23.6 Å². The summed E-state index contributed by atoms with van der Waals surface area (Å²) >= 11 is 0. The SMILES string of the molecule is Cn1ccc2ccc(C(F)(F)F)cc21. The predicted molar refractivity (Wildman–Crippen MR) is 47.9 cm³/mol. The zero-order valence-corrected chi connectivity index (χ0v) is 7.47. The lowest BCUT2D eigenvalue weighted by molar-refractivity contribution is -0.137. The molecule has 0 atom stereocenters. The summed E-state index contributed by atoms with van der Waals surface area (Å²) in [6, 6.07) is 5.53. The molecule has 2 rings (SSSR count). The smallest absolute Gasteiger partial charge is 0.351 e. The molecule has 0 aliphatic carbocycles. The summed E-state index contributed by atoms with van der Waals surface area (Å²) in [4.78, 5) is 0. The van der Waals surface area contributed by atoms with Gasteiger partial charge < -0.3 is 4.57 Å². The molecule has 0 fully saturated rings. The van der Waals surface area contributed by atoms with Crippen molar-refractivity contribution in [2.45, 2.75) is 6.18 Å². The van der Waals surface area contributed by atoms with Crippen molar-refractivity contribution in [2.24, 2.45) is 7.05 Å². The monoisotopic (exact) mass is 199 g/mol. The zero-order chi connectivity index (χ0) is 10.3. The number of fused-ring (bicyclic) bond motifs is 1. The third-order valence-corrected chi connectivity index (χ3v) is 2.22. The molecule has 1 nitrogen and oxygen atoms in total. The van der Waals surface area contributed by atoms with Crippen molar-refractivity contribution in [3.63, 3.8) is 0 Å². The highest BCUT2D eigenvalue weighted by atomic mass is 19.4. The summed E-state index contributed by atoms with van der Waals surface area (Å²) in [6.45, 7) is 0. The van der Waals surface area contributed by atoms with Crippen molar-refractivity contribution in [3.05, 3.63) is 36.0 Å². The third-order valence-electron chi connectivity index (χ3n) is 2.22. The predicted octanol–water partition coefficient (Wildman–Crippen LogP) is 3.20. The Labute approximate surface area is 78.8 Å². The van der Waals surface area contributed by atoms with Crippen LogP contribution in [0.2, 0.25) is 0 Å². The Hall–Kier alpha value is -1.45. The van der Waals surface area contributed by atoms with Gasteiger partial charge in [-0.25, -0.2) is 0 Å². The molecule has 0 unspecified atom stereocenters. The number of rotatable bonds is 0. The summed E-state index contributed by atoms with van der Waals surface area (Å²) in [5.41, 5.74) is -0.00775. The van der Waals surface area contributed by atoms with E-state index >= 15 is 0 Å². The number of benzene rings is 1. The molecule has 0 saturated carbocycles. The number of hydrogen-bond acceptors (Lipinski definition) is 0. The minimum atomic E-state index is -4.27. The molecule has 0 aliphatic heterocycles. The van der Waals surface area contributed by atoms with Gasteiger partial charge in [-0.2, -0.15) is 13.2 Å². The number of nitrogens with zero attached hydrogens (tertiary/aromatic N) is 1. The van der Waals surface area contributed by atoms with E-state index in [9.17, 15) is 13.2 Å². The summed E-state index contributed by atoms with van der Waals surface area (Å²) in [5, 5.41) is 0.820. The first-order chi connectivity index (χ1) is 6.48. The van der Waals surface area contributed by atoms with E-state index in [0.29, 0.717) is 5.52 Å². The fourth-order valence-corrected chi connectivity index (χ4v) is 1.44. The maximum Gasteiger partial charge on any atom is 0.416 e. The van der Waals surface area contributed by atoms with Gasteiger partial charge in [0.25, 0.3) is 0 Å². The average Bonchev–Trinajstić information content (AvgIpc) is 2.46. The number of aryl methyl sites for hydroxylation is 1. The minimum absolute atomic E-state index is 0.597. The van der Waals surface area contributed by atoms with Crippen molar-refractivity contribution >= 4 is 10.9 Å². The summed E-state index contributed by atoms with van der Waals surface area (Å²) in [7, 11) is 1.72. The lowest BCUT2D eigenvalue weighted by Crippen LogP contribution is -2.04. The molecule has 1 heterocycles. The molecule has 0 spiro atoms. The molecular weight excluding hydrogens is 191 g/mol. The van der Waals surface area contributed by atoms with E-state index in [-0.39, 0.29) is 0 Å². The van der Waals surface area contributed by atoms with Crippen LogP contribution in [0.1, 0.15) is 5.56 Å². The van der Waals surface area contributed by atoms with Crippen LogP contribution in [-0.2, 0) is 13.2 Å². The summed E-state index contributed by atoms with van der Waals surface area (Å²) < 4.78 is 38.7. The fourth-order valence-electron chi connectivity index (χ4n) is 1.44. The van der Waals surface area contributed by atoms with Gasteiger partial charge in [-0.1, -0.05) is 6.07 Å². The number of aromatic nitrogens is 1. The van der Waals surface area contributed by atoms with Gasteiger partial charge in [0.2, 0.25) is 0 Å². The molecule has 0 bridgehead atoms. The second-order valence-electron chi connectivity index (χ2n) is 3.20. The highest BCUT2D eigenvalue weighted by Crippen LogP contribution is 2.31. The first-order valence-corrected chi connectivity index (χ1v) is 4.11. The van der Waals surface area contributed by atoms with Gasteiger partial charge in [0.15, 0.2) is 0 Å². The summed E-state index contributed by atoms with van der Waals surface area (Å²) in [6.07, 6.45) is -2.52. The standard InChI is InChI=1S/C10H8F3N/c1-14-5-4-7-2-3-8(6-9(7)14)10(11,12)13/h2-6H,1H3. The molecule has 0 amide bonds. The Morgan fingerprint density at radius 2 is 1.86 bits per heavy atom. The molecule has 0 saturated heterocycles. The van der Waals surface area contributed by atoms with Crippen LogP contribution < -0.4 is 0 Å². The first-order valence-electron chi connectivity index (χ1n) is 4.11. The van der Waals surface area contributed by atoms with Crippen LogP contribution in [0.4, 0.5) is 13.2 Å². The van der Waals surface area contributed by atoms with Crippen LogP contribution in [-0.4, -0.2) is 4.57 Å². The number of hydrogen-bond donors (Lipinski definition) is 0. The van der Waals surface area contributed by atoms with Crippen molar-refractivity contribution < 1.29 is 13.2 Å². The Balaban J connectivity index is 2.66. The lowest BCUT2D eigenvalue weighted by Gasteiger charge is -2.06. The van der Waals surface area contributed by atoms with E-state index in [1.165, 1.54) is 6.07 Å². The largest absolute Gasteiger partial charge is 0.416 e. The molecule has 1 aromatic heterocycles. The topological polar surface area (TPSA) is 4.93 Å². The first kappa shape index (κ1) is 9.12.